The number of hydrogen-bond acceptors (Lipinski definition) is 3. The number of nitrogens with zero attached hydrogens (tertiary/aromatic N) is 2. The summed E-state index contributed by atoms with van der Waals surface area (Å²) in [5.41, 5.74) is 1.81. The third-order valence-corrected chi connectivity index (χ3v) is 6.96. The zero-order valence-corrected chi connectivity index (χ0v) is 17.1. The number of halogens is 3. The number of carbonyl (C=O) groups is 2. The SMILES string of the molecule is O=C(c1ccc(-c2ccc(F)c(F)c2)s1)N1CC(=O)N2CCc3c(F)cccc3C2C1. The minimum Gasteiger partial charge on any atom is -0.332 e. The van der Waals surface area contributed by atoms with Gasteiger partial charge in [-0.25, -0.2) is 13.2 Å². The molecule has 1 aromatic heterocycles. The first-order valence-electron chi connectivity index (χ1n) is 9.83. The average Bonchev–Trinajstić information content (AvgIpc) is 3.25. The lowest BCUT2D eigenvalue weighted by Crippen LogP contribution is -2.55. The molecular weight excluding hydrogens is 425 g/mol. The molecule has 1 fully saturated rings. The topological polar surface area (TPSA) is 40.6 Å². The fourth-order valence-electron chi connectivity index (χ4n) is 4.30. The second-order valence-electron chi connectivity index (χ2n) is 7.64. The van der Waals surface area contributed by atoms with Crippen molar-refractivity contribution in [3.8, 4) is 10.4 Å². The summed E-state index contributed by atoms with van der Waals surface area (Å²) in [5.74, 6) is -2.66. The lowest BCUT2D eigenvalue weighted by atomic mass is 9.90. The normalized spacial score (nSPS) is 18.0. The second kappa shape index (κ2) is 7.53. The summed E-state index contributed by atoms with van der Waals surface area (Å²) in [7, 11) is 0. The van der Waals surface area contributed by atoms with Crippen LogP contribution in [0.1, 0.15) is 26.8 Å². The van der Waals surface area contributed by atoms with E-state index < -0.39 is 11.6 Å². The number of benzene rings is 2. The highest BCUT2D eigenvalue weighted by atomic mass is 32.1. The van der Waals surface area contributed by atoms with Crippen molar-refractivity contribution in [1.29, 1.82) is 0 Å². The molecule has 0 bridgehead atoms. The lowest BCUT2D eigenvalue weighted by molar-refractivity contribution is -0.139. The molecule has 31 heavy (non-hydrogen) atoms. The lowest BCUT2D eigenvalue weighted by Gasteiger charge is -2.44. The van der Waals surface area contributed by atoms with Gasteiger partial charge in [0.2, 0.25) is 5.91 Å². The van der Waals surface area contributed by atoms with Crippen LogP contribution >= 0.6 is 11.3 Å². The molecule has 1 unspecified atom stereocenters. The maximum absolute atomic E-state index is 14.2. The molecule has 1 atom stereocenters. The predicted molar refractivity (Wildman–Crippen MR) is 110 cm³/mol. The summed E-state index contributed by atoms with van der Waals surface area (Å²) in [6, 6.07) is 11.3. The minimum atomic E-state index is -0.955. The number of hydrogen-bond donors (Lipinski definition) is 0. The maximum atomic E-state index is 14.2. The van der Waals surface area contributed by atoms with Crippen molar-refractivity contribution < 1.29 is 22.8 Å². The van der Waals surface area contributed by atoms with Crippen molar-refractivity contribution in [3.05, 3.63) is 82.0 Å². The fourth-order valence-corrected chi connectivity index (χ4v) is 5.27. The molecule has 0 radical (unpaired) electrons. The number of carbonyl (C=O) groups excluding carboxylic acids is 2. The number of fused-ring (bicyclic) bond motifs is 3. The van der Waals surface area contributed by atoms with E-state index in [4.69, 9.17) is 0 Å². The minimum absolute atomic E-state index is 0.0433. The molecule has 3 heterocycles. The summed E-state index contributed by atoms with van der Waals surface area (Å²) in [5, 5.41) is 0. The molecule has 1 saturated heterocycles. The Morgan fingerprint density at radius 1 is 1.00 bits per heavy atom. The van der Waals surface area contributed by atoms with E-state index in [0.717, 1.165) is 29.0 Å². The zero-order valence-electron chi connectivity index (χ0n) is 16.3. The van der Waals surface area contributed by atoms with Crippen LogP contribution in [-0.2, 0) is 11.2 Å². The van der Waals surface area contributed by atoms with E-state index in [9.17, 15) is 22.8 Å². The molecular formula is C23H17F3N2O2S. The number of thiophene rings is 1. The largest absolute Gasteiger partial charge is 0.332 e. The molecule has 158 valence electrons. The molecule has 0 aliphatic carbocycles. The molecule has 2 aromatic carbocycles. The Morgan fingerprint density at radius 2 is 1.84 bits per heavy atom. The summed E-state index contributed by atoms with van der Waals surface area (Å²) < 4.78 is 41.0. The molecule has 4 nitrogen and oxygen atoms in total. The van der Waals surface area contributed by atoms with Crippen molar-refractivity contribution in [3.63, 3.8) is 0 Å². The molecule has 2 aliphatic heterocycles. The molecule has 2 amide bonds. The van der Waals surface area contributed by atoms with Gasteiger partial charge in [-0.05, 0) is 53.4 Å². The van der Waals surface area contributed by atoms with Crippen LogP contribution in [-0.4, -0.2) is 41.2 Å². The van der Waals surface area contributed by atoms with Gasteiger partial charge < -0.3 is 9.80 Å². The van der Waals surface area contributed by atoms with Crippen molar-refractivity contribution in [2.24, 2.45) is 0 Å². The first-order chi connectivity index (χ1) is 14.9. The molecule has 0 N–H and O–H groups in total. The fraction of sp³-hybridized carbons (Fsp3) is 0.217. The number of piperazine rings is 1. The summed E-state index contributed by atoms with van der Waals surface area (Å²) in [6.45, 7) is 0.663. The van der Waals surface area contributed by atoms with Crippen molar-refractivity contribution >= 4 is 23.2 Å². The molecule has 3 aromatic rings. The van der Waals surface area contributed by atoms with Crippen LogP contribution in [0, 0.1) is 17.5 Å². The van der Waals surface area contributed by atoms with Gasteiger partial charge in [0.1, 0.15) is 12.4 Å². The summed E-state index contributed by atoms with van der Waals surface area (Å²) in [6.07, 6.45) is 0.459. The van der Waals surface area contributed by atoms with Crippen molar-refractivity contribution in [2.45, 2.75) is 12.5 Å². The van der Waals surface area contributed by atoms with Crippen LogP contribution in [0.15, 0.2) is 48.5 Å². The quantitative estimate of drug-likeness (QED) is 0.590. The number of amides is 2. The highest BCUT2D eigenvalue weighted by molar-refractivity contribution is 7.17. The molecule has 0 spiro atoms. The van der Waals surface area contributed by atoms with Gasteiger partial charge in [-0.2, -0.15) is 0 Å². The molecule has 5 rings (SSSR count). The van der Waals surface area contributed by atoms with Gasteiger partial charge in [0.25, 0.3) is 5.91 Å². The van der Waals surface area contributed by atoms with Gasteiger partial charge in [0.05, 0.1) is 10.9 Å². The highest BCUT2D eigenvalue weighted by Crippen LogP contribution is 2.36. The van der Waals surface area contributed by atoms with Gasteiger partial charge >= 0.3 is 0 Å². The molecule has 0 saturated carbocycles. The molecule has 8 heteroatoms. The second-order valence-corrected chi connectivity index (χ2v) is 8.72. The standard InChI is InChI=1S/C23H17F3N2O2S/c24-16-3-1-2-15-14(16)8-9-28-19(15)11-27(12-22(28)29)23(30)21-7-6-20(31-21)13-4-5-17(25)18(26)10-13/h1-7,10,19H,8-9,11-12H2. The Kier molecular flexibility index (Phi) is 4.81. The Morgan fingerprint density at radius 3 is 2.65 bits per heavy atom. The zero-order chi connectivity index (χ0) is 21.7. The van der Waals surface area contributed by atoms with Crippen LogP contribution < -0.4 is 0 Å². The van der Waals surface area contributed by atoms with E-state index in [1.807, 2.05) is 6.07 Å². The van der Waals surface area contributed by atoms with Gasteiger partial charge in [-0.1, -0.05) is 18.2 Å². The van der Waals surface area contributed by atoms with Crippen LogP contribution in [0.5, 0.6) is 0 Å². The number of rotatable bonds is 2. The van der Waals surface area contributed by atoms with Crippen LogP contribution in [0.25, 0.3) is 10.4 Å². The molecule has 2 aliphatic rings. The van der Waals surface area contributed by atoms with E-state index in [0.29, 0.717) is 33.8 Å². The van der Waals surface area contributed by atoms with Gasteiger partial charge in [-0.15, -0.1) is 11.3 Å². The van der Waals surface area contributed by atoms with E-state index >= 15 is 0 Å². The summed E-state index contributed by atoms with van der Waals surface area (Å²) >= 11 is 1.16. The average molecular weight is 442 g/mol. The van der Waals surface area contributed by atoms with Gasteiger partial charge in [0.15, 0.2) is 11.6 Å². The van der Waals surface area contributed by atoms with Crippen LogP contribution in [0.2, 0.25) is 0 Å². The Labute approximate surface area is 180 Å². The van der Waals surface area contributed by atoms with Crippen LogP contribution in [0.3, 0.4) is 0 Å². The third kappa shape index (κ3) is 3.40. The monoisotopic (exact) mass is 442 g/mol. The first kappa shape index (κ1) is 19.8. The first-order valence-corrected chi connectivity index (χ1v) is 10.7. The Bertz CT molecular complexity index is 1210. The van der Waals surface area contributed by atoms with Crippen LogP contribution in [0.4, 0.5) is 13.2 Å². The van der Waals surface area contributed by atoms with Crippen molar-refractivity contribution in [2.75, 3.05) is 19.6 Å². The van der Waals surface area contributed by atoms with E-state index in [2.05, 4.69) is 0 Å². The van der Waals surface area contributed by atoms with Gasteiger partial charge in [-0.3, -0.25) is 9.59 Å². The highest BCUT2D eigenvalue weighted by Gasteiger charge is 2.39. The third-order valence-electron chi connectivity index (χ3n) is 5.84. The van der Waals surface area contributed by atoms with E-state index in [1.54, 1.807) is 23.1 Å². The van der Waals surface area contributed by atoms with E-state index in [-0.39, 0.29) is 36.8 Å². The summed E-state index contributed by atoms with van der Waals surface area (Å²) in [4.78, 5) is 30.1. The maximum Gasteiger partial charge on any atom is 0.264 e. The Hall–Kier alpha value is -3.13. The van der Waals surface area contributed by atoms with Crippen molar-refractivity contribution in [1.82, 2.24) is 9.80 Å². The Balaban J connectivity index is 1.41. The van der Waals surface area contributed by atoms with Gasteiger partial charge in [0, 0.05) is 18.0 Å². The smallest absolute Gasteiger partial charge is 0.264 e. The van der Waals surface area contributed by atoms with E-state index in [1.165, 1.54) is 17.0 Å². The predicted octanol–water partition coefficient (Wildman–Crippen LogP) is 4.41.